The second kappa shape index (κ2) is 7.15. The number of methoxy groups -OCH3 is 1. The van der Waals surface area contributed by atoms with Crippen molar-refractivity contribution < 1.29 is 9.53 Å². The fraction of sp³-hybridized carbons (Fsp3) is 0.235. The lowest BCUT2D eigenvalue weighted by Crippen LogP contribution is -2.03. The van der Waals surface area contributed by atoms with Gasteiger partial charge in [-0.25, -0.2) is 0 Å². The summed E-state index contributed by atoms with van der Waals surface area (Å²) < 4.78 is 5.13. The van der Waals surface area contributed by atoms with E-state index in [-0.39, 0.29) is 5.78 Å². The third-order valence-electron chi connectivity index (χ3n) is 2.98. The van der Waals surface area contributed by atoms with Gasteiger partial charge in [-0.3, -0.25) is 4.79 Å². The molecule has 104 valence electrons. The second-order valence-corrected chi connectivity index (χ2v) is 5.62. The van der Waals surface area contributed by atoms with E-state index in [0.717, 1.165) is 11.5 Å². The molecule has 0 radical (unpaired) electrons. The molecule has 0 spiro atoms. The number of rotatable bonds is 6. The second-order valence-electron chi connectivity index (χ2n) is 4.64. The number of carbonyl (C=O) groups excluding carboxylic acids is 1. The van der Waals surface area contributed by atoms with Crippen LogP contribution in [0.5, 0.6) is 5.75 Å². The van der Waals surface area contributed by atoms with Crippen LogP contribution >= 0.6 is 11.8 Å². The van der Waals surface area contributed by atoms with Crippen molar-refractivity contribution >= 4 is 17.5 Å². The highest BCUT2D eigenvalue weighted by Crippen LogP contribution is 2.17. The van der Waals surface area contributed by atoms with Crippen LogP contribution in [0, 0.1) is 6.92 Å². The van der Waals surface area contributed by atoms with Gasteiger partial charge in [0.25, 0.3) is 0 Å². The monoisotopic (exact) mass is 286 g/mol. The fourth-order valence-electron chi connectivity index (χ4n) is 1.94. The van der Waals surface area contributed by atoms with Gasteiger partial charge in [0.1, 0.15) is 5.75 Å². The van der Waals surface area contributed by atoms with E-state index in [1.54, 1.807) is 24.9 Å². The van der Waals surface area contributed by atoms with Crippen LogP contribution in [0.15, 0.2) is 48.5 Å². The highest BCUT2D eigenvalue weighted by Gasteiger charge is 2.07. The van der Waals surface area contributed by atoms with Crippen LogP contribution in [0.25, 0.3) is 0 Å². The molecule has 0 aliphatic rings. The molecule has 2 rings (SSSR count). The zero-order valence-electron chi connectivity index (χ0n) is 11.8. The van der Waals surface area contributed by atoms with Crippen LogP contribution in [-0.2, 0) is 5.75 Å². The summed E-state index contributed by atoms with van der Waals surface area (Å²) in [6.45, 7) is 2.08. The Bertz CT molecular complexity index is 593. The summed E-state index contributed by atoms with van der Waals surface area (Å²) in [5.41, 5.74) is 3.22. The van der Waals surface area contributed by atoms with Gasteiger partial charge in [-0.2, -0.15) is 0 Å². The molecule has 0 fully saturated rings. The van der Waals surface area contributed by atoms with Gasteiger partial charge in [0.2, 0.25) is 0 Å². The van der Waals surface area contributed by atoms with Crippen molar-refractivity contribution in [2.24, 2.45) is 0 Å². The van der Waals surface area contributed by atoms with Crippen LogP contribution in [0.4, 0.5) is 0 Å². The van der Waals surface area contributed by atoms with Crippen LogP contribution in [-0.4, -0.2) is 18.6 Å². The largest absolute Gasteiger partial charge is 0.497 e. The third kappa shape index (κ3) is 4.14. The van der Waals surface area contributed by atoms with Gasteiger partial charge in [0.05, 0.1) is 12.9 Å². The van der Waals surface area contributed by atoms with Crippen LogP contribution < -0.4 is 4.74 Å². The summed E-state index contributed by atoms with van der Waals surface area (Å²) in [7, 11) is 1.61. The zero-order chi connectivity index (χ0) is 14.4. The van der Waals surface area contributed by atoms with E-state index in [1.165, 1.54) is 11.1 Å². The number of benzene rings is 2. The molecule has 2 aromatic carbocycles. The molecule has 0 saturated carbocycles. The topological polar surface area (TPSA) is 26.3 Å². The molecule has 0 N–H and O–H groups in total. The Hall–Kier alpha value is -1.74. The van der Waals surface area contributed by atoms with E-state index >= 15 is 0 Å². The molecule has 20 heavy (non-hydrogen) atoms. The van der Waals surface area contributed by atoms with Crippen molar-refractivity contribution in [3.63, 3.8) is 0 Å². The summed E-state index contributed by atoms with van der Waals surface area (Å²) in [5.74, 6) is 2.21. The van der Waals surface area contributed by atoms with E-state index < -0.39 is 0 Å². The molecule has 0 amide bonds. The Morgan fingerprint density at radius 1 is 1.15 bits per heavy atom. The van der Waals surface area contributed by atoms with Crippen molar-refractivity contribution in [2.45, 2.75) is 12.7 Å². The zero-order valence-corrected chi connectivity index (χ0v) is 12.6. The Balaban J connectivity index is 1.89. The maximum Gasteiger partial charge on any atom is 0.172 e. The van der Waals surface area contributed by atoms with Crippen LogP contribution in [0.1, 0.15) is 21.5 Å². The van der Waals surface area contributed by atoms with Crippen molar-refractivity contribution in [3.05, 3.63) is 65.2 Å². The van der Waals surface area contributed by atoms with E-state index in [4.69, 9.17) is 4.74 Å². The summed E-state index contributed by atoms with van der Waals surface area (Å²) in [5, 5.41) is 0. The highest BCUT2D eigenvalue weighted by molar-refractivity contribution is 7.99. The molecule has 0 aliphatic heterocycles. The first kappa shape index (κ1) is 14.7. The van der Waals surface area contributed by atoms with Crippen molar-refractivity contribution in [2.75, 3.05) is 12.9 Å². The lowest BCUT2D eigenvalue weighted by atomic mass is 10.1. The normalized spacial score (nSPS) is 10.3. The molecule has 0 saturated heterocycles. The SMILES string of the molecule is COc1cccc(C(=O)CSCc2cccc(C)c2)c1. The molecule has 2 aromatic rings. The Kier molecular flexibility index (Phi) is 5.24. The predicted molar refractivity (Wildman–Crippen MR) is 84.7 cm³/mol. The van der Waals surface area contributed by atoms with E-state index in [9.17, 15) is 4.79 Å². The van der Waals surface area contributed by atoms with E-state index in [0.29, 0.717) is 11.3 Å². The molecule has 2 nitrogen and oxygen atoms in total. The van der Waals surface area contributed by atoms with Gasteiger partial charge >= 0.3 is 0 Å². The Labute approximate surface area is 124 Å². The molecule has 3 heteroatoms. The minimum atomic E-state index is 0.140. The quantitative estimate of drug-likeness (QED) is 0.747. The molecule has 0 aliphatic carbocycles. The Morgan fingerprint density at radius 3 is 2.70 bits per heavy atom. The number of hydrogen-bond donors (Lipinski definition) is 0. The van der Waals surface area contributed by atoms with Crippen LogP contribution in [0.2, 0.25) is 0 Å². The summed E-state index contributed by atoms with van der Waals surface area (Å²) in [6, 6.07) is 15.7. The molecule has 0 aromatic heterocycles. The van der Waals surface area contributed by atoms with Gasteiger partial charge in [-0.15, -0.1) is 11.8 Å². The summed E-state index contributed by atoms with van der Waals surface area (Å²) in [4.78, 5) is 12.1. The standard InChI is InChI=1S/C17H18O2S/c1-13-5-3-6-14(9-13)11-20-12-17(18)15-7-4-8-16(10-15)19-2/h3-10H,11-12H2,1-2H3. The predicted octanol–water partition coefficient (Wildman–Crippen LogP) is 4.12. The smallest absolute Gasteiger partial charge is 0.172 e. The molecular formula is C17H18O2S. The number of ketones is 1. The first-order valence-electron chi connectivity index (χ1n) is 6.49. The number of hydrogen-bond acceptors (Lipinski definition) is 3. The summed E-state index contributed by atoms with van der Waals surface area (Å²) >= 11 is 1.64. The first-order valence-corrected chi connectivity index (χ1v) is 7.65. The number of aryl methyl sites for hydroxylation is 1. The molecule has 0 unspecified atom stereocenters. The van der Waals surface area contributed by atoms with Gasteiger partial charge in [-0.1, -0.05) is 42.0 Å². The Morgan fingerprint density at radius 2 is 1.95 bits per heavy atom. The number of carbonyl (C=O) groups is 1. The number of ether oxygens (including phenoxy) is 1. The minimum Gasteiger partial charge on any atom is -0.497 e. The molecule has 0 bridgehead atoms. The van der Waals surface area contributed by atoms with E-state index in [2.05, 4.69) is 31.2 Å². The molecule has 0 atom stereocenters. The minimum absolute atomic E-state index is 0.140. The van der Waals surface area contributed by atoms with Crippen molar-refractivity contribution in [3.8, 4) is 5.75 Å². The number of Topliss-reactive ketones (excluding diaryl/α,β-unsaturated/α-hetero) is 1. The number of thioether (sulfide) groups is 1. The highest BCUT2D eigenvalue weighted by atomic mass is 32.2. The lowest BCUT2D eigenvalue weighted by molar-refractivity contribution is 0.102. The lowest BCUT2D eigenvalue weighted by Gasteiger charge is -2.05. The summed E-state index contributed by atoms with van der Waals surface area (Å²) in [6.07, 6.45) is 0. The fourth-order valence-corrected chi connectivity index (χ4v) is 2.81. The average molecular weight is 286 g/mol. The van der Waals surface area contributed by atoms with Gasteiger partial charge in [0, 0.05) is 11.3 Å². The maximum atomic E-state index is 12.1. The van der Waals surface area contributed by atoms with Crippen LogP contribution in [0.3, 0.4) is 0 Å². The third-order valence-corrected chi connectivity index (χ3v) is 3.98. The van der Waals surface area contributed by atoms with E-state index in [1.807, 2.05) is 18.2 Å². The molecular weight excluding hydrogens is 268 g/mol. The molecule has 0 heterocycles. The average Bonchev–Trinajstić information content (AvgIpc) is 2.47. The van der Waals surface area contributed by atoms with Crippen molar-refractivity contribution in [1.29, 1.82) is 0 Å². The van der Waals surface area contributed by atoms with Gasteiger partial charge in [-0.05, 0) is 24.6 Å². The van der Waals surface area contributed by atoms with Crippen molar-refractivity contribution in [1.82, 2.24) is 0 Å². The first-order chi connectivity index (χ1) is 9.69. The van der Waals surface area contributed by atoms with Gasteiger partial charge < -0.3 is 4.74 Å². The van der Waals surface area contributed by atoms with Gasteiger partial charge in [0.15, 0.2) is 5.78 Å². The maximum absolute atomic E-state index is 12.1.